The fourth-order valence-electron chi connectivity index (χ4n) is 6.57. The first kappa shape index (κ1) is 34.5. The summed E-state index contributed by atoms with van der Waals surface area (Å²) >= 11 is 0. The van der Waals surface area contributed by atoms with Gasteiger partial charge in [0.25, 0.3) is 6.29 Å². The highest BCUT2D eigenvalue weighted by Crippen LogP contribution is 2.46. The Hall–Kier alpha value is -3.80. The Morgan fingerprint density at radius 3 is 1.91 bits per heavy atom. The van der Waals surface area contributed by atoms with E-state index in [9.17, 15) is 39.6 Å². The molecule has 0 aromatic carbocycles. The molecule has 11 atom stereocenters. The average molecular weight is 667 g/mol. The van der Waals surface area contributed by atoms with Crippen LogP contribution in [0.25, 0.3) is 0 Å². The van der Waals surface area contributed by atoms with Crippen molar-refractivity contribution in [2.75, 3.05) is 26.9 Å². The highest BCUT2D eigenvalue weighted by molar-refractivity contribution is 5.90. The van der Waals surface area contributed by atoms with Gasteiger partial charge in [0.1, 0.15) is 37.6 Å². The third-order valence-electron chi connectivity index (χ3n) is 8.90. The van der Waals surface area contributed by atoms with E-state index in [1.807, 2.05) is 0 Å². The lowest BCUT2D eigenvalue weighted by molar-refractivity contribution is -0.339. The molecule has 0 spiro atoms. The predicted molar refractivity (Wildman–Crippen MR) is 151 cm³/mol. The molecule has 0 unspecified atom stereocenters. The van der Waals surface area contributed by atoms with E-state index in [1.54, 1.807) is 12.2 Å². The van der Waals surface area contributed by atoms with Gasteiger partial charge in [-0.05, 0) is 24.0 Å². The van der Waals surface area contributed by atoms with Crippen LogP contribution in [0.4, 0.5) is 0 Å². The molecule has 3 heterocycles. The van der Waals surface area contributed by atoms with Gasteiger partial charge in [-0.2, -0.15) is 0 Å². The van der Waals surface area contributed by atoms with Crippen molar-refractivity contribution < 1.29 is 77.5 Å². The molecule has 5 rings (SSSR count). The molecule has 0 aromatic rings. The van der Waals surface area contributed by atoms with E-state index >= 15 is 0 Å². The van der Waals surface area contributed by atoms with Crippen molar-refractivity contribution in [2.45, 2.75) is 70.0 Å². The SMILES string of the molecule is COC(=O)C1=CO[C@@H](OC(C)=O)[C@@H]2C(COC(=O)C3=CO[C@@H](O[C@@H]4O[C@H](CO)[C@@H](O)[C@H](O)[C@H]4O)[C@@H]4C(COC(C)=O)=CC[C@H]34)=CC[C@H]12. The van der Waals surface area contributed by atoms with Gasteiger partial charge in [0.2, 0.25) is 6.29 Å². The van der Waals surface area contributed by atoms with E-state index in [-0.39, 0.29) is 24.4 Å². The summed E-state index contributed by atoms with van der Waals surface area (Å²) in [5, 5.41) is 40.4. The maximum atomic E-state index is 13.5. The van der Waals surface area contributed by atoms with E-state index in [1.165, 1.54) is 27.2 Å². The molecule has 16 nitrogen and oxygen atoms in total. The Kier molecular flexibility index (Phi) is 10.7. The van der Waals surface area contributed by atoms with Crippen molar-refractivity contribution >= 4 is 23.9 Å². The van der Waals surface area contributed by atoms with Crippen LogP contribution in [0.5, 0.6) is 0 Å². The van der Waals surface area contributed by atoms with Crippen molar-refractivity contribution in [3.63, 3.8) is 0 Å². The smallest absolute Gasteiger partial charge is 0.337 e. The van der Waals surface area contributed by atoms with Crippen LogP contribution in [0.15, 0.2) is 47.0 Å². The fraction of sp³-hybridized carbons (Fsp3) is 0.613. The van der Waals surface area contributed by atoms with Crippen molar-refractivity contribution in [1.29, 1.82) is 0 Å². The van der Waals surface area contributed by atoms with E-state index in [4.69, 9.17) is 37.9 Å². The lowest BCUT2D eigenvalue weighted by Crippen LogP contribution is -2.60. The van der Waals surface area contributed by atoms with Gasteiger partial charge in [0.15, 0.2) is 6.29 Å². The number of carbonyl (C=O) groups excluding carboxylic acids is 4. The minimum atomic E-state index is -1.70. The highest BCUT2D eigenvalue weighted by atomic mass is 16.8. The van der Waals surface area contributed by atoms with Gasteiger partial charge in [-0.25, -0.2) is 9.59 Å². The molecule has 0 amide bonds. The van der Waals surface area contributed by atoms with Crippen LogP contribution >= 0.6 is 0 Å². The number of allylic oxidation sites excluding steroid dienone is 2. The molecule has 2 aliphatic carbocycles. The molecule has 47 heavy (non-hydrogen) atoms. The molecular weight excluding hydrogens is 628 g/mol. The van der Waals surface area contributed by atoms with Gasteiger partial charge in [-0.15, -0.1) is 0 Å². The summed E-state index contributed by atoms with van der Waals surface area (Å²) in [6.07, 6.45) is -3.36. The Morgan fingerprint density at radius 2 is 1.34 bits per heavy atom. The minimum absolute atomic E-state index is 0.138. The summed E-state index contributed by atoms with van der Waals surface area (Å²) in [5.41, 5.74) is 1.53. The molecule has 0 bridgehead atoms. The maximum absolute atomic E-state index is 13.5. The van der Waals surface area contributed by atoms with Crippen LogP contribution in [0.2, 0.25) is 0 Å². The third kappa shape index (κ3) is 7.07. The number of fused-ring (bicyclic) bond motifs is 2. The first-order valence-electron chi connectivity index (χ1n) is 15.1. The van der Waals surface area contributed by atoms with Gasteiger partial charge in [0, 0.05) is 25.7 Å². The molecule has 3 aliphatic heterocycles. The van der Waals surface area contributed by atoms with Gasteiger partial charge in [-0.1, -0.05) is 12.2 Å². The Balaban J connectivity index is 1.31. The van der Waals surface area contributed by atoms with Crippen LogP contribution in [0.3, 0.4) is 0 Å². The number of rotatable bonds is 10. The molecule has 1 fully saturated rings. The molecule has 1 saturated heterocycles. The number of carbonyl (C=O) groups is 4. The van der Waals surface area contributed by atoms with Crippen molar-refractivity contribution in [3.8, 4) is 0 Å². The Labute approximate surface area is 269 Å². The maximum Gasteiger partial charge on any atom is 0.337 e. The quantitative estimate of drug-likeness (QED) is 0.128. The van der Waals surface area contributed by atoms with E-state index in [0.29, 0.717) is 24.0 Å². The third-order valence-corrected chi connectivity index (χ3v) is 8.90. The molecule has 258 valence electrons. The number of hydrogen-bond acceptors (Lipinski definition) is 16. The summed E-state index contributed by atoms with van der Waals surface area (Å²) < 4.78 is 43.8. The van der Waals surface area contributed by atoms with Gasteiger partial charge < -0.3 is 58.3 Å². The number of aliphatic hydroxyl groups is 4. The average Bonchev–Trinajstić information content (AvgIpc) is 3.68. The predicted octanol–water partition coefficient (Wildman–Crippen LogP) is -0.749. The lowest BCUT2D eigenvalue weighted by atomic mass is 9.83. The molecule has 0 saturated carbocycles. The molecular formula is C31H38O16. The van der Waals surface area contributed by atoms with Crippen molar-refractivity contribution in [3.05, 3.63) is 47.0 Å². The van der Waals surface area contributed by atoms with Crippen LogP contribution in [0.1, 0.15) is 26.7 Å². The number of methoxy groups -OCH3 is 1. The number of esters is 4. The first-order valence-corrected chi connectivity index (χ1v) is 15.1. The zero-order valence-electron chi connectivity index (χ0n) is 25.9. The van der Waals surface area contributed by atoms with E-state index in [2.05, 4.69) is 0 Å². The second kappa shape index (κ2) is 14.5. The lowest BCUT2D eigenvalue weighted by Gasteiger charge is -2.43. The fourth-order valence-corrected chi connectivity index (χ4v) is 6.57. The number of aliphatic hydroxyl groups excluding tert-OH is 4. The standard InChI is InChI=1S/C31H38O16/c1-13(33)41-9-15-4-7-18-20(12-44-30(23(15)18)47-31-26(37)25(36)24(35)21(8-32)46-31)28(39)42-10-16-5-6-17-19(27(38)40-3)11-43-29(22(16)17)45-14(2)34/h4-5,11-12,17-18,21-26,29-32,35-37H,6-10H2,1-3H3/t17-,18-,21-,22-,23-,24-,25+,26-,29+,30+,31+/m1/s1. The second-order valence-corrected chi connectivity index (χ2v) is 11.7. The normalized spacial score (nSPS) is 35.8. The molecule has 4 N–H and O–H groups in total. The van der Waals surface area contributed by atoms with Gasteiger partial charge >= 0.3 is 23.9 Å². The van der Waals surface area contributed by atoms with Gasteiger partial charge in [-0.3, -0.25) is 9.59 Å². The number of ether oxygens (including phenoxy) is 8. The van der Waals surface area contributed by atoms with Crippen molar-refractivity contribution in [1.82, 2.24) is 0 Å². The molecule has 16 heteroatoms. The molecule has 5 aliphatic rings. The zero-order valence-corrected chi connectivity index (χ0v) is 25.9. The largest absolute Gasteiger partial charge is 0.471 e. The Bertz CT molecular complexity index is 1360. The van der Waals surface area contributed by atoms with Crippen LogP contribution < -0.4 is 0 Å². The zero-order chi connectivity index (χ0) is 34.0. The van der Waals surface area contributed by atoms with E-state index < -0.39 is 97.4 Å². The van der Waals surface area contributed by atoms with Crippen LogP contribution in [-0.2, 0) is 57.1 Å². The van der Waals surface area contributed by atoms with Gasteiger partial charge in [0.05, 0.1) is 49.2 Å². The van der Waals surface area contributed by atoms with Crippen LogP contribution in [-0.4, -0.2) is 115 Å². The highest BCUT2D eigenvalue weighted by Gasteiger charge is 2.51. The summed E-state index contributed by atoms with van der Waals surface area (Å²) in [4.78, 5) is 49.2. The van der Waals surface area contributed by atoms with Crippen LogP contribution in [0, 0.1) is 23.7 Å². The summed E-state index contributed by atoms with van der Waals surface area (Å²) in [5.74, 6) is -4.82. The summed E-state index contributed by atoms with van der Waals surface area (Å²) in [7, 11) is 1.24. The molecule has 0 aromatic heterocycles. The van der Waals surface area contributed by atoms with E-state index in [0.717, 1.165) is 6.26 Å². The Morgan fingerprint density at radius 1 is 0.766 bits per heavy atom. The second-order valence-electron chi connectivity index (χ2n) is 11.7. The monoisotopic (exact) mass is 666 g/mol. The summed E-state index contributed by atoms with van der Waals surface area (Å²) in [6.45, 7) is 1.44. The minimum Gasteiger partial charge on any atom is -0.471 e. The summed E-state index contributed by atoms with van der Waals surface area (Å²) in [6, 6.07) is 0. The number of hydrogen-bond donors (Lipinski definition) is 4. The topological polar surface area (TPSA) is 223 Å². The van der Waals surface area contributed by atoms with Crippen molar-refractivity contribution in [2.24, 2.45) is 23.7 Å². The molecule has 0 radical (unpaired) electrons. The first-order chi connectivity index (χ1) is 22.4.